The second kappa shape index (κ2) is 12.3. The number of aliphatic hydroxyl groups is 1. The van der Waals surface area contributed by atoms with Crippen molar-refractivity contribution in [3.05, 3.63) is 47.5 Å². The largest absolute Gasteiger partial charge is 0.463 e. The molecule has 1 unspecified atom stereocenters. The highest BCUT2D eigenvalue weighted by Gasteiger charge is 2.54. The van der Waals surface area contributed by atoms with Crippen LogP contribution in [0, 0.1) is 6.92 Å². The molecule has 29 heavy (non-hydrogen) atoms. The van der Waals surface area contributed by atoms with Gasteiger partial charge in [-0.15, -0.1) is 11.8 Å². The molecule has 8 heteroatoms. The number of rotatable bonds is 11. The average molecular weight is 425 g/mol. The lowest BCUT2D eigenvalue weighted by molar-refractivity contribution is -0.183. The summed E-state index contributed by atoms with van der Waals surface area (Å²) >= 11 is 1.11. The Bertz CT molecular complexity index is 711. The van der Waals surface area contributed by atoms with E-state index < -0.39 is 28.8 Å². The van der Waals surface area contributed by atoms with E-state index in [2.05, 4.69) is 0 Å². The standard InChI is InChI=1S/C21H28O7S/c1-5-26-17(22)12-9-13-29-18(16-11-8-10-15(4)14-16)21(25,19(23)27-6-2)20(24)28-7-3/h8-12,14,18,25H,5-7,13H2,1-4H3/b12-9+. The molecule has 1 rings (SSSR count). The van der Waals surface area contributed by atoms with Gasteiger partial charge in [0.15, 0.2) is 0 Å². The van der Waals surface area contributed by atoms with Crippen molar-refractivity contribution in [3.63, 3.8) is 0 Å². The van der Waals surface area contributed by atoms with Crippen LogP contribution in [0.2, 0.25) is 0 Å². The molecule has 160 valence electrons. The van der Waals surface area contributed by atoms with Gasteiger partial charge in [0.25, 0.3) is 5.60 Å². The van der Waals surface area contributed by atoms with Crippen molar-refractivity contribution < 1.29 is 33.7 Å². The summed E-state index contributed by atoms with van der Waals surface area (Å²) in [7, 11) is 0. The van der Waals surface area contributed by atoms with Crippen molar-refractivity contribution in [3.8, 4) is 0 Å². The Hall–Kier alpha value is -2.32. The fraction of sp³-hybridized carbons (Fsp3) is 0.476. The molecule has 0 aliphatic heterocycles. The van der Waals surface area contributed by atoms with Crippen LogP contribution in [0.5, 0.6) is 0 Å². The normalized spacial score (nSPS) is 12.4. The molecule has 0 heterocycles. The first kappa shape index (κ1) is 24.7. The van der Waals surface area contributed by atoms with E-state index in [4.69, 9.17) is 14.2 Å². The monoisotopic (exact) mass is 424 g/mol. The van der Waals surface area contributed by atoms with E-state index in [-0.39, 0.29) is 25.6 Å². The smallest absolute Gasteiger partial charge is 0.351 e. The molecule has 0 aromatic heterocycles. The SMILES string of the molecule is CCOC(=O)/C=C/CSC(c1cccc(C)c1)C(O)(C(=O)OCC)C(=O)OCC. The second-order valence-corrected chi connectivity index (χ2v) is 7.13. The first-order chi connectivity index (χ1) is 13.8. The summed E-state index contributed by atoms with van der Waals surface area (Å²) in [6.45, 7) is 6.98. The maximum atomic E-state index is 12.6. The molecule has 1 aromatic carbocycles. The number of esters is 3. The molecule has 0 amide bonds. The van der Waals surface area contributed by atoms with Gasteiger partial charge < -0.3 is 19.3 Å². The van der Waals surface area contributed by atoms with Gasteiger partial charge in [0.05, 0.1) is 25.1 Å². The lowest BCUT2D eigenvalue weighted by atomic mass is 9.93. The molecule has 0 radical (unpaired) electrons. The first-order valence-corrected chi connectivity index (χ1v) is 10.4. The van der Waals surface area contributed by atoms with Crippen LogP contribution in [0.4, 0.5) is 0 Å². The Kier molecular flexibility index (Phi) is 10.5. The maximum Gasteiger partial charge on any atom is 0.351 e. The van der Waals surface area contributed by atoms with Gasteiger partial charge in [0.2, 0.25) is 0 Å². The highest BCUT2D eigenvalue weighted by atomic mass is 32.2. The van der Waals surface area contributed by atoms with Crippen LogP contribution in [0.1, 0.15) is 37.1 Å². The van der Waals surface area contributed by atoms with Gasteiger partial charge in [-0.25, -0.2) is 14.4 Å². The zero-order valence-corrected chi connectivity index (χ0v) is 18.0. The molecular weight excluding hydrogens is 396 g/mol. The number of benzene rings is 1. The fourth-order valence-corrected chi connectivity index (χ4v) is 3.73. The van der Waals surface area contributed by atoms with Gasteiger partial charge in [-0.1, -0.05) is 35.9 Å². The number of aryl methyl sites for hydroxylation is 1. The van der Waals surface area contributed by atoms with Gasteiger partial charge in [0, 0.05) is 11.8 Å². The Morgan fingerprint density at radius 3 is 2.17 bits per heavy atom. The van der Waals surface area contributed by atoms with E-state index >= 15 is 0 Å². The zero-order valence-electron chi connectivity index (χ0n) is 17.2. The minimum Gasteiger partial charge on any atom is -0.463 e. The minimum atomic E-state index is -2.54. The Balaban J connectivity index is 3.28. The predicted octanol–water partition coefficient (Wildman–Crippen LogP) is 2.75. The summed E-state index contributed by atoms with van der Waals surface area (Å²) < 4.78 is 14.8. The van der Waals surface area contributed by atoms with Crippen LogP contribution < -0.4 is 0 Å². The summed E-state index contributed by atoms with van der Waals surface area (Å²) in [6, 6.07) is 7.11. The highest BCUT2D eigenvalue weighted by molar-refractivity contribution is 7.99. The van der Waals surface area contributed by atoms with Gasteiger partial charge in [-0.3, -0.25) is 0 Å². The lowest BCUT2D eigenvalue weighted by Crippen LogP contribution is -2.52. The number of carbonyl (C=O) groups excluding carboxylic acids is 3. The quantitative estimate of drug-likeness (QED) is 0.251. The van der Waals surface area contributed by atoms with Crippen LogP contribution in [-0.4, -0.2) is 54.2 Å². The summed E-state index contributed by atoms with van der Waals surface area (Å²) in [5.74, 6) is -2.41. The van der Waals surface area contributed by atoms with Crippen molar-refractivity contribution in [2.24, 2.45) is 0 Å². The van der Waals surface area contributed by atoms with Crippen molar-refractivity contribution in [1.82, 2.24) is 0 Å². The molecular formula is C21H28O7S. The predicted molar refractivity (Wildman–Crippen MR) is 110 cm³/mol. The molecule has 0 saturated carbocycles. The molecule has 0 saturated heterocycles. The molecule has 0 aliphatic carbocycles. The van der Waals surface area contributed by atoms with Crippen LogP contribution in [-0.2, 0) is 28.6 Å². The third kappa shape index (κ3) is 6.90. The molecule has 1 aromatic rings. The molecule has 0 fully saturated rings. The van der Waals surface area contributed by atoms with E-state index in [1.165, 1.54) is 6.08 Å². The van der Waals surface area contributed by atoms with Crippen molar-refractivity contribution in [1.29, 1.82) is 0 Å². The zero-order chi connectivity index (χ0) is 21.9. The number of hydrogen-bond acceptors (Lipinski definition) is 8. The Morgan fingerprint density at radius 1 is 1.07 bits per heavy atom. The number of hydrogen-bond donors (Lipinski definition) is 1. The van der Waals surface area contributed by atoms with E-state index in [1.807, 2.05) is 13.0 Å². The van der Waals surface area contributed by atoms with Gasteiger partial charge >= 0.3 is 17.9 Å². The Labute approximate surface area is 175 Å². The molecule has 0 spiro atoms. The number of thioether (sulfide) groups is 1. The van der Waals surface area contributed by atoms with Crippen molar-refractivity contribution >= 4 is 29.7 Å². The Morgan fingerprint density at radius 2 is 1.66 bits per heavy atom. The number of carbonyl (C=O) groups is 3. The van der Waals surface area contributed by atoms with E-state index in [0.29, 0.717) is 5.56 Å². The van der Waals surface area contributed by atoms with Crippen LogP contribution >= 0.6 is 11.8 Å². The molecule has 7 nitrogen and oxygen atoms in total. The third-order valence-corrected chi connectivity index (χ3v) is 5.13. The van der Waals surface area contributed by atoms with Crippen LogP contribution in [0.25, 0.3) is 0 Å². The average Bonchev–Trinajstić information content (AvgIpc) is 2.68. The third-order valence-electron chi connectivity index (χ3n) is 3.80. The van der Waals surface area contributed by atoms with Gasteiger partial charge in [-0.2, -0.15) is 0 Å². The molecule has 0 bridgehead atoms. The van der Waals surface area contributed by atoms with Gasteiger partial charge in [0.1, 0.15) is 0 Å². The summed E-state index contributed by atoms with van der Waals surface area (Å²) in [4.78, 5) is 36.7. The van der Waals surface area contributed by atoms with E-state index in [0.717, 1.165) is 17.3 Å². The molecule has 0 aliphatic rings. The van der Waals surface area contributed by atoms with E-state index in [1.54, 1.807) is 45.0 Å². The topological polar surface area (TPSA) is 99.1 Å². The maximum absolute atomic E-state index is 12.6. The second-order valence-electron chi connectivity index (χ2n) is 5.99. The lowest BCUT2D eigenvalue weighted by Gasteiger charge is -2.31. The highest BCUT2D eigenvalue weighted by Crippen LogP contribution is 2.41. The summed E-state index contributed by atoms with van der Waals surface area (Å²) in [5.41, 5.74) is -1.09. The minimum absolute atomic E-state index is 0.00544. The van der Waals surface area contributed by atoms with Crippen LogP contribution in [0.15, 0.2) is 36.4 Å². The molecule has 1 atom stereocenters. The summed E-state index contributed by atoms with van der Waals surface area (Å²) in [6.07, 6.45) is 2.81. The fourth-order valence-electron chi connectivity index (χ4n) is 2.56. The molecule has 1 N–H and O–H groups in total. The van der Waals surface area contributed by atoms with Crippen molar-refractivity contribution in [2.75, 3.05) is 25.6 Å². The van der Waals surface area contributed by atoms with Crippen LogP contribution in [0.3, 0.4) is 0 Å². The summed E-state index contributed by atoms with van der Waals surface area (Å²) in [5, 5.41) is 10.2. The van der Waals surface area contributed by atoms with E-state index in [9.17, 15) is 19.5 Å². The van der Waals surface area contributed by atoms with Gasteiger partial charge in [-0.05, 0) is 33.3 Å². The van der Waals surface area contributed by atoms with Crippen molar-refractivity contribution in [2.45, 2.75) is 38.5 Å². The first-order valence-electron chi connectivity index (χ1n) is 9.39. The number of ether oxygens (including phenoxy) is 3.